The van der Waals surface area contributed by atoms with Crippen LogP contribution in [0.25, 0.3) is 0 Å². The minimum atomic E-state index is -2.03. The first-order valence-corrected chi connectivity index (χ1v) is 27.2. The van der Waals surface area contributed by atoms with E-state index in [0.717, 1.165) is 18.4 Å². The highest BCUT2D eigenvalue weighted by atomic mass is 16.8. The van der Waals surface area contributed by atoms with E-state index in [2.05, 4.69) is 54.5 Å². The van der Waals surface area contributed by atoms with Gasteiger partial charge in [-0.3, -0.25) is 4.79 Å². The van der Waals surface area contributed by atoms with Gasteiger partial charge in [0.15, 0.2) is 25.0 Å². The Hall–Kier alpha value is -2.08. The van der Waals surface area contributed by atoms with Crippen molar-refractivity contribution in [1.29, 1.82) is 0 Å². The number of carboxylic acid groups (broad SMARTS) is 1. The first-order valence-electron chi connectivity index (χ1n) is 27.2. The summed E-state index contributed by atoms with van der Waals surface area (Å²) >= 11 is 0. The largest absolute Gasteiger partial charge is 0.479 e. The Bertz CT molecular complexity index is 2160. The molecular weight excluding hydrogens is 1000 g/mol. The van der Waals surface area contributed by atoms with Crippen LogP contribution in [-0.2, 0) is 47.5 Å². The van der Waals surface area contributed by atoms with Gasteiger partial charge in [-0.15, -0.1) is 0 Å². The van der Waals surface area contributed by atoms with Crippen LogP contribution >= 0.6 is 0 Å². The first kappa shape index (κ1) is 58.6. The van der Waals surface area contributed by atoms with Crippen molar-refractivity contribution in [2.75, 3.05) is 13.2 Å². The zero-order chi connectivity index (χ0) is 55.7. The summed E-state index contributed by atoms with van der Waals surface area (Å²) in [5, 5.41) is 141. The third kappa shape index (κ3) is 9.23. The fraction of sp³-hybridized carbons (Fsp3) is 0.925. The normalized spacial score (nSPS) is 53.9. The van der Waals surface area contributed by atoms with Gasteiger partial charge < -0.3 is 104 Å². The summed E-state index contributed by atoms with van der Waals surface area (Å²) in [6.45, 7) is 15.4. The van der Waals surface area contributed by atoms with Gasteiger partial charge in [-0.05, 0) is 110 Å². The summed E-state index contributed by atoms with van der Waals surface area (Å²) in [5.74, 6) is -2.75. The van der Waals surface area contributed by atoms with Crippen molar-refractivity contribution in [2.45, 2.75) is 242 Å². The minimum absolute atomic E-state index is 0.0000773. The molecule has 4 heterocycles. The van der Waals surface area contributed by atoms with Crippen LogP contribution < -0.4 is 0 Å². The zero-order valence-corrected chi connectivity index (χ0v) is 44.6. The number of carbonyl (C=O) groups excluding carboxylic acids is 1. The molecule has 434 valence electrons. The van der Waals surface area contributed by atoms with Crippen LogP contribution in [0.5, 0.6) is 0 Å². The smallest absolute Gasteiger partial charge is 0.335 e. The van der Waals surface area contributed by atoms with Crippen LogP contribution in [-0.4, -0.2) is 220 Å². The number of fused-ring (bicyclic) bond motifs is 7. The second-order valence-corrected chi connectivity index (χ2v) is 25.9. The molecule has 5 aliphatic carbocycles. The summed E-state index contributed by atoms with van der Waals surface area (Å²) in [4.78, 5) is 27.5. The third-order valence-electron chi connectivity index (χ3n) is 21.0. The fourth-order valence-electron chi connectivity index (χ4n) is 16.2. The van der Waals surface area contributed by atoms with Gasteiger partial charge in [-0.1, -0.05) is 60.1 Å². The number of hydrogen-bond donors (Lipinski definition) is 13. The number of esters is 1. The number of carboxylic acids is 1. The molecule has 28 atom stereocenters. The predicted molar refractivity (Wildman–Crippen MR) is 257 cm³/mol. The lowest BCUT2D eigenvalue weighted by molar-refractivity contribution is -0.379. The van der Waals surface area contributed by atoms with Gasteiger partial charge in [0, 0.05) is 0 Å². The van der Waals surface area contributed by atoms with Gasteiger partial charge in [-0.2, -0.15) is 0 Å². The number of aliphatic carboxylic acids is 1. The van der Waals surface area contributed by atoms with Crippen molar-refractivity contribution in [3.63, 3.8) is 0 Å². The number of carbonyl (C=O) groups is 2. The molecule has 4 saturated carbocycles. The lowest BCUT2D eigenvalue weighted by atomic mass is 9.33. The molecule has 8 fully saturated rings. The van der Waals surface area contributed by atoms with Crippen molar-refractivity contribution >= 4 is 11.9 Å². The highest BCUT2D eigenvalue weighted by Gasteiger charge is 2.72. The van der Waals surface area contributed by atoms with Crippen LogP contribution in [0, 0.1) is 50.2 Å². The van der Waals surface area contributed by atoms with Gasteiger partial charge in [0.1, 0.15) is 84.8 Å². The molecule has 0 aromatic carbocycles. The topological polar surface area (TPSA) is 371 Å². The van der Waals surface area contributed by atoms with Gasteiger partial charge in [0.05, 0.1) is 31.5 Å². The summed E-state index contributed by atoms with van der Waals surface area (Å²) < 4.78 is 47.1. The Morgan fingerprint density at radius 3 is 1.96 bits per heavy atom. The number of allylic oxidation sites excluding steroid dienone is 2. The number of aliphatic hydroxyl groups is 12. The highest BCUT2D eigenvalue weighted by Crippen LogP contribution is 2.76. The number of hydrogen-bond acceptors (Lipinski definition) is 22. The van der Waals surface area contributed by atoms with E-state index in [0.29, 0.717) is 38.5 Å². The highest BCUT2D eigenvalue weighted by molar-refractivity contribution is 5.80. The van der Waals surface area contributed by atoms with Crippen molar-refractivity contribution in [3.05, 3.63) is 11.6 Å². The van der Waals surface area contributed by atoms with E-state index < -0.39 is 182 Å². The van der Waals surface area contributed by atoms with Crippen molar-refractivity contribution in [2.24, 2.45) is 50.2 Å². The van der Waals surface area contributed by atoms with Gasteiger partial charge in [0.2, 0.25) is 6.29 Å². The zero-order valence-electron chi connectivity index (χ0n) is 44.6. The van der Waals surface area contributed by atoms with E-state index >= 15 is 0 Å². The van der Waals surface area contributed by atoms with Gasteiger partial charge >= 0.3 is 11.9 Å². The Morgan fingerprint density at radius 2 is 1.29 bits per heavy atom. The summed E-state index contributed by atoms with van der Waals surface area (Å²) in [7, 11) is 0. The molecule has 4 saturated heterocycles. The Labute approximate surface area is 442 Å². The van der Waals surface area contributed by atoms with E-state index in [4.69, 9.17) is 37.9 Å². The van der Waals surface area contributed by atoms with Crippen molar-refractivity contribution in [3.8, 4) is 0 Å². The van der Waals surface area contributed by atoms with E-state index in [-0.39, 0.29) is 29.1 Å². The van der Waals surface area contributed by atoms with E-state index in [1.165, 1.54) is 6.92 Å². The summed E-state index contributed by atoms with van der Waals surface area (Å²) in [5.41, 5.74) is -2.52. The SMILES string of the molecule is C[C@@H]1O[C@@H](O[C@H]2[C@H](O[C@@H]3[C@@H](O)[C@H](O[C@H]4CC[C@]5(C)[C@H]6CC=C7[C@@H]8CC(C)(C)CC[C@]8(C(=O)O[C@@H]8O[C@H](CO)[C@@H](O)[C@H](O)[C@H]8O)[C@H](O)C[C@@]7(C)[C@]6(C)CC[C@H]5C4(C)C)O[C@H](C(=O)O)[C@H]3O)OC[C@H](O)[C@@H]2O)[C@H](O)[C@H](O)[C@H]1O. The van der Waals surface area contributed by atoms with Crippen LogP contribution in [0.2, 0.25) is 0 Å². The van der Waals surface area contributed by atoms with E-state index in [1.54, 1.807) is 0 Å². The number of ether oxygens (including phenoxy) is 8. The fourth-order valence-corrected chi connectivity index (χ4v) is 16.2. The van der Waals surface area contributed by atoms with E-state index in [1.807, 2.05) is 0 Å². The molecule has 0 amide bonds. The second-order valence-electron chi connectivity index (χ2n) is 25.9. The first-order chi connectivity index (χ1) is 35.4. The molecule has 0 radical (unpaired) electrons. The maximum atomic E-state index is 14.8. The Balaban J connectivity index is 0.946. The molecule has 9 aliphatic rings. The maximum absolute atomic E-state index is 14.8. The van der Waals surface area contributed by atoms with Crippen LogP contribution in [0.15, 0.2) is 11.6 Å². The number of rotatable bonds is 10. The molecule has 0 aromatic heterocycles. The average molecular weight is 1090 g/mol. The molecular formula is C53H84O23. The molecule has 23 nitrogen and oxygen atoms in total. The molecule has 0 unspecified atom stereocenters. The lowest BCUT2D eigenvalue weighted by Crippen LogP contribution is -2.68. The van der Waals surface area contributed by atoms with Crippen LogP contribution in [0.1, 0.15) is 113 Å². The summed E-state index contributed by atoms with van der Waals surface area (Å²) in [6.07, 6.45) is -26.8. The van der Waals surface area contributed by atoms with Crippen molar-refractivity contribution < 1.29 is 114 Å². The number of aliphatic hydroxyl groups excluding tert-OH is 12. The molecule has 0 aromatic rings. The maximum Gasteiger partial charge on any atom is 0.335 e. The van der Waals surface area contributed by atoms with Gasteiger partial charge in [-0.25, -0.2) is 4.79 Å². The average Bonchev–Trinajstić information content (AvgIpc) is 3.38. The van der Waals surface area contributed by atoms with Crippen LogP contribution in [0.3, 0.4) is 0 Å². The standard InChI is InChI=1S/C53H84O23/c1-21-30(57)33(60)35(62)43(70-21)75-41-31(58)24(55)20-69-46(41)73-39-37(64)40(42(66)67)74-45(38(39)65)72-29-12-13-50(6)26(49(29,4)5)11-14-51(7)27(50)10-9-22-23-17-48(2,3)15-16-53(23,28(56)18-52(22,51)8)47(68)76-44-36(63)34(61)32(59)25(19-54)71-44/h9,21,23-41,43-46,54-65H,10-20H2,1-8H3,(H,66,67)/t21-,23-,24-,25+,26-,27+,28+,29-,30-,31-,32+,33+,34-,35+,36+,37-,38+,39-,40-,41+,43-,44-,45+,46-,50-,51+,52+,53+/m0/s1. The molecule has 0 bridgehead atoms. The quantitative estimate of drug-likeness (QED) is 0.0686. The lowest BCUT2D eigenvalue weighted by Gasteiger charge is -2.71. The molecule has 4 aliphatic heterocycles. The van der Waals surface area contributed by atoms with Crippen molar-refractivity contribution in [1.82, 2.24) is 0 Å². The van der Waals surface area contributed by atoms with Gasteiger partial charge in [0.25, 0.3) is 0 Å². The van der Waals surface area contributed by atoms with Crippen LogP contribution in [0.4, 0.5) is 0 Å². The molecule has 0 spiro atoms. The molecule has 13 N–H and O–H groups in total. The Morgan fingerprint density at radius 1 is 0.645 bits per heavy atom. The second kappa shape index (κ2) is 20.7. The third-order valence-corrected chi connectivity index (χ3v) is 21.0. The minimum Gasteiger partial charge on any atom is -0.479 e. The Kier molecular flexibility index (Phi) is 16.0. The molecule has 23 heteroatoms. The summed E-state index contributed by atoms with van der Waals surface area (Å²) in [6, 6.07) is 0. The monoisotopic (exact) mass is 1090 g/mol. The predicted octanol–water partition coefficient (Wildman–Crippen LogP) is -1.31. The molecule has 76 heavy (non-hydrogen) atoms. The molecule has 9 rings (SSSR count). The van der Waals surface area contributed by atoms with E-state index in [9.17, 15) is 76.0 Å².